The first kappa shape index (κ1) is 13.6. The average Bonchev–Trinajstić information content (AvgIpc) is 2.56. The summed E-state index contributed by atoms with van der Waals surface area (Å²) in [6.45, 7) is 1.80. The van der Waals surface area contributed by atoms with Gasteiger partial charge in [-0.15, -0.1) is 0 Å². The number of benzene rings is 1. The number of sulfone groups is 1. The number of nitro benzene ring substituents is 1. The summed E-state index contributed by atoms with van der Waals surface area (Å²) in [7, 11) is -3.02. The van der Waals surface area contributed by atoms with Gasteiger partial charge in [0.1, 0.15) is 0 Å². The quantitative estimate of drug-likeness (QED) is 0.489. The van der Waals surface area contributed by atoms with Gasteiger partial charge in [-0.2, -0.15) is 0 Å². The topological polar surface area (TPSA) is 115 Å². The van der Waals surface area contributed by atoms with E-state index in [0.717, 1.165) is 0 Å². The molecule has 0 radical (unpaired) electrons. The maximum atomic E-state index is 11.5. The Morgan fingerprint density at radius 1 is 1.47 bits per heavy atom. The smallest absolute Gasteiger partial charge is 0.271 e. The van der Waals surface area contributed by atoms with E-state index >= 15 is 0 Å². The average molecular weight is 285 g/mol. The lowest BCUT2D eigenvalue weighted by Gasteiger charge is -2.26. The van der Waals surface area contributed by atoms with Crippen LogP contribution >= 0.6 is 0 Å². The lowest BCUT2D eigenvalue weighted by Crippen LogP contribution is -2.36. The fourth-order valence-electron chi connectivity index (χ4n) is 2.21. The normalized spacial score (nSPS) is 25.1. The molecule has 0 saturated carbocycles. The number of nitrogens with one attached hydrogen (secondary N) is 1. The number of nitrogen functional groups attached to an aromatic ring is 1. The summed E-state index contributed by atoms with van der Waals surface area (Å²) in [6, 6.07) is 4.10. The summed E-state index contributed by atoms with van der Waals surface area (Å²) in [5.74, 6) is 0.180. The molecule has 1 fully saturated rings. The third-order valence-electron chi connectivity index (χ3n) is 3.19. The number of hydrogen-bond donors (Lipinski definition) is 2. The van der Waals surface area contributed by atoms with Gasteiger partial charge >= 0.3 is 0 Å². The van der Waals surface area contributed by atoms with Crippen LogP contribution in [0.1, 0.15) is 13.3 Å². The van der Waals surface area contributed by atoms with Crippen LogP contribution in [-0.4, -0.2) is 30.4 Å². The molecule has 104 valence electrons. The van der Waals surface area contributed by atoms with Gasteiger partial charge in [0.25, 0.3) is 5.69 Å². The third-order valence-corrected chi connectivity index (χ3v) is 5.09. The largest absolute Gasteiger partial charge is 0.397 e. The molecule has 0 amide bonds. The van der Waals surface area contributed by atoms with E-state index in [0.29, 0.717) is 12.1 Å². The summed E-state index contributed by atoms with van der Waals surface area (Å²) in [4.78, 5) is 10.1. The lowest BCUT2D eigenvalue weighted by molar-refractivity contribution is -0.384. The van der Waals surface area contributed by atoms with Gasteiger partial charge in [0.05, 0.1) is 27.8 Å². The Hall–Kier alpha value is -1.83. The van der Waals surface area contributed by atoms with E-state index in [2.05, 4.69) is 5.32 Å². The van der Waals surface area contributed by atoms with Crippen LogP contribution in [-0.2, 0) is 9.84 Å². The van der Waals surface area contributed by atoms with Gasteiger partial charge in [-0.05, 0) is 19.4 Å². The van der Waals surface area contributed by atoms with Crippen LogP contribution in [0.3, 0.4) is 0 Å². The minimum absolute atomic E-state index is 0.0381. The van der Waals surface area contributed by atoms with Crippen molar-refractivity contribution < 1.29 is 13.3 Å². The molecule has 0 aliphatic carbocycles. The Bertz CT molecular complexity index is 629. The van der Waals surface area contributed by atoms with E-state index < -0.39 is 20.3 Å². The molecule has 0 spiro atoms. The zero-order chi connectivity index (χ0) is 14.3. The predicted octanol–water partition coefficient (Wildman–Crippen LogP) is 1.17. The van der Waals surface area contributed by atoms with E-state index in [9.17, 15) is 18.5 Å². The lowest BCUT2D eigenvalue weighted by atomic mass is 10.0. The fourth-order valence-corrected chi connectivity index (χ4v) is 4.30. The van der Waals surface area contributed by atoms with Crippen molar-refractivity contribution in [2.45, 2.75) is 18.9 Å². The molecule has 7 nitrogen and oxygen atoms in total. The molecule has 1 aliphatic heterocycles. The molecule has 1 unspecified atom stereocenters. The van der Waals surface area contributed by atoms with Gasteiger partial charge in [-0.3, -0.25) is 10.1 Å². The molecule has 0 aromatic heterocycles. The van der Waals surface area contributed by atoms with Crippen LogP contribution in [0.25, 0.3) is 0 Å². The highest BCUT2D eigenvalue weighted by molar-refractivity contribution is 7.91. The molecule has 3 N–H and O–H groups in total. The molecule has 1 aliphatic rings. The first-order chi connectivity index (χ1) is 8.71. The first-order valence-corrected chi connectivity index (χ1v) is 7.55. The van der Waals surface area contributed by atoms with Crippen LogP contribution in [0.5, 0.6) is 0 Å². The molecule has 19 heavy (non-hydrogen) atoms. The number of nitro groups is 1. The molecule has 1 heterocycles. The highest BCUT2D eigenvalue weighted by Gasteiger charge is 2.38. The van der Waals surface area contributed by atoms with Crippen molar-refractivity contribution in [2.75, 3.05) is 22.6 Å². The molecule has 0 bridgehead atoms. The Morgan fingerprint density at radius 3 is 2.63 bits per heavy atom. The van der Waals surface area contributed by atoms with Crippen LogP contribution in [0.2, 0.25) is 0 Å². The monoisotopic (exact) mass is 285 g/mol. The van der Waals surface area contributed by atoms with Gasteiger partial charge < -0.3 is 11.1 Å². The maximum Gasteiger partial charge on any atom is 0.271 e. The molecule has 1 aromatic rings. The van der Waals surface area contributed by atoms with Crippen molar-refractivity contribution in [1.82, 2.24) is 0 Å². The van der Waals surface area contributed by atoms with Crippen molar-refractivity contribution in [3.8, 4) is 0 Å². The van der Waals surface area contributed by atoms with Gasteiger partial charge in [-0.25, -0.2) is 8.42 Å². The summed E-state index contributed by atoms with van der Waals surface area (Å²) in [6.07, 6.45) is 0.492. The van der Waals surface area contributed by atoms with Crippen molar-refractivity contribution >= 4 is 26.9 Å². The summed E-state index contributed by atoms with van der Waals surface area (Å²) in [5, 5.41) is 13.7. The number of rotatable bonds is 3. The van der Waals surface area contributed by atoms with E-state index in [1.165, 1.54) is 18.2 Å². The van der Waals surface area contributed by atoms with Crippen LogP contribution < -0.4 is 11.1 Å². The highest BCUT2D eigenvalue weighted by Crippen LogP contribution is 2.31. The fraction of sp³-hybridized carbons (Fsp3) is 0.455. The Morgan fingerprint density at radius 2 is 2.16 bits per heavy atom. The molecule has 1 atom stereocenters. The molecule has 1 aromatic carbocycles. The van der Waals surface area contributed by atoms with Gasteiger partial charge in [0.15, 0.2) is 9.84 Å². The van der Waals surface area contributed by atoms with E-state index in [4.69, 9.17) is 5.73 Å². The molecule has 1 saturated heterocycles. The number of nitrogens with zero attached hydrogens (tertiary/aromatic N) is 1. The number of anilines is 2. The Labute approximate surface area is 110 Å². The summed E-state index contributed by atoms with van der Waals surface area (Å²) >= 11 is 0. The second kappa shape index (κ2) is 4.37. The van der Waals surface area contributed by atoms with Crippen molar-refractivity contribution in [1.29, 1.82) is 0 Å². The predicted molar refractivity (Wildman–Crippen MR) is 72.8 cm³/mol. The van der Waals surface area contributed by atoms with Crippen molar-refractivity contribution in [3.63, 3.8) is 0 Å². The molecular formula is C11H15N3O4S. The van der Waals surface area contributed by atoms with E-state index in [-0.39, 0.29) is 22.9 Å². The minimum atomic E-state index is -3.02. The second-order valence-electron chi connectivity index (χ2n) is 5.06. The summed E-state index contributed by atoms with van der Waals surface area (Å²) in [5.41, 5.74) is 5.83. The first-order valence-electron chi connectivity index (χ1n) is 5.73. The zero-order valence-electron chi connectivity index (χ0n) is 10.4. The van der Waals surface area contributed by atoms with Crippen LogP contribution in [0.15, 0.2) is 18.2 Å². The number of nitrogens with two attached hydrogens (primary N) is 1. The SMILES string of the molecule is CC1(Nc2ccc([N+](=O)[O-])cc2N)CCS(=O)(=O)C1. The highest BCUT2D eigenvalue weighted by atomic mass is 32.2. The van der Waals surface area contributed by atoms with Crippen molar-refractivity contribution in [3.05, 3.63) is 28.3 Å². The van der Waals surface area contributed by atoms with Crippen LogP contribution in [0, 0.1) is 10.1 Å². The number of non-ortho nitro benzene ring substituents is 1. The van der Waals surface area contributed by atoms with E-state index in [1.54, 1.807) is 6.92 Å². The molecule has 2 rings (SSSR count). The minimum Gasteiger partial charge on any atom is -0.397 e. The standard InChI is InChI=1S/C11H15N3O4S/c1-11(4-5-19(17,18)7-11)13-10-3-2-8(14(15)16)6-9(10)12/h2-3,6,13H,4-5,7,12H2,1H3. The zero-order valence-corrected chi connectivity index (χ0v) is 11.2. The number of hydrogen-bond acceptors (Lipinski definition) is 6. The van der Waals surface area contributed by atoms with Gasteiger partial charge in [0, 0.05) is 17.7 Å². The Kier molecular flexibility index (Phi) is 3.13. The Balaban J connectivity index is 2.23. The third kappa shape index (κ3) is 2.95. The van der Waals surface area contributed by atoms with E-state index in [1.807, 2.05) is 0 Å². The van der Waals surface area contributed by atoms with Gasteiger partial charge in [0.2, 0.25) is 0 Å². The van der Waals surface area contributed by atoms with Crippen molar-refractivity contribution in [2.24, 2.45) is 0 Å². The van der Waals surface area contributed by atoms with Crippen LogP contribution in [0.4, 0.5) is 17.1 Å². The molecular weight excluding hydrogens is 270 g/mol. The summed E-state index contributed by atoms with van der Waals surface area (Å²) < 4.78 is 23.0. The maximum absolute atomic E-state index is 11.5. The second-order valence-corrected chi connectivity index (χ2v) is 7.24. The van der Waals surface area contributed by atoms with Gasteiger partial charge in [-0.1, -0.05) is 0 Å². The molecule has 8 heteroatoms.